The number of methoxy groups -OCH3 is 2. The van der Waals surface area contributed by atoms with Gasteiger partial charge in [-0.2, -0.15) is 5.10 Å². The molecule has 3 aromatic carbocycles. The summed E-state index contributed by atoms with van der Waals surface area (Å²) in [5.41, 5.74) is 3.75. The van der Waals surface area contributed by atoms with Gasteiger partial charge >= 0.3 is 0 Å². The Morgan fingerprint density at radius 3 is 2.52 bits per heavy atom. The monoisotopic (exact) mass is 604 g/mol. The van der Waals surface area contributed by atoms with Crippen LogP contribution in [0.4, 0.5) is 5.82 Å². The Hall–Kier alpha value is -3.95. The van der Waals surface area contributed by atoms with E-state index in [4.69, 9.17) is 26.2 Å². The number of hydrogen-bond donors (Lipinski definition) is 1. The molecule has 0 spiro atoms. The number of amides is 2. The predicted molar refractivity (Wildman–Crippen MR) is 168 cm³/mol. The Labute approximate surface area is 255 Å². The van der Waals surface area contributed by atoms with Gasteiger partial charge in [-0.3, -0.25) is 14.5 Å². The van der Waals surface area contributed by atoms with E-state index in [-0.39, 0.29) is 35.4 Å². The molecule has 1 aliphatic heterocycles. The van der Waals surface area contributed by atoms with E-state index in [0.29, 0.717) is 33.7 Å². The maximum atomic E-state index is 13.9. The molecule has 42 heavy (non-hydrogen) atoms. The number of ether oxygens (including phenoxy) is 2. The number of rotatable bonds is 9. The van der Waals surface area contributed by atoms with E-state index in [0.717, 1.165) is 23.1 Å². The number of aromatic nitrogens is 2. The lowest BCUT2D eigenvalue weighted by molar-refractivity contribution is -0.123. The highest BCUT2D eigenvalue weighted by Gasteiger charge is 2.39. The second-order valence-corrected chi connectivity index (χ2v) is 11.5. The van der Waals surface area contributed by atoms with Gasteiger partial charge in [0.2, 0.25) is 11.8 Å². The van der Waals surface area contributed by atoms with Crippen molar-refractivity contribution in [3.8, 4) is 28.4 Å². The highest BCUT2D eigenvalue weighted by Crippen LogP contribution is 2.51. The van der Waals surface area contributed by atoms with Gasteiger partial charge in [0.25, 0.3) is 0 Å². The summed E-state index contributed by atoms with van der Waals surface area (Å²) in [6.07, 6.45) is 0.772. The lowest BCUT2D eigenvalue weighted by Crippen LogP contribution is -2.44. The van der Waals surface area contributed by atoms with E-state index in [9.17, 15) is 9.59 Å². The topological polar surface area (TPSA) is 85.7 Å². The summed E-state index contributed by atoms with van der Waals surface area (Å²) < 4.78 is 13.1. The molecule has 1 N–H and O–H groups in total. The quantitative estimate of drug-likeness (QED) is 0.242. The number of nitrogens with zero attached hydrogens (tertiary/aromatic N) is 3. The van der Waals surface area contributed by atoms with Gasteiger partial charge in [0.1, 0.15) is 23.9 Å². The van der Waals surface area contributed by atoms with Crippen LogP contribution in [-0.4, -0.2) is 54.2 Å². The maximum Gasteiger partial charge on any atom is 0.240 e. The van der Waals surface area contributed by atoms with Crippen molar-refractivity contribution < 1.29 is 19.1 Å². The molecule has 5 rings (SSSR count). The minimum atomic E-state index is -0.386. The standard InChI is InChI=1S/C32H33ClN4O4S/c1-5-20(2)34-27(38)18-36-28(39)19-42-31(23-17-22(40-3)15-16-26(23)41-4)29-30(21-11-7-6-8-12-21)35-37(32(29)36)25-14-10-9-13-24(25)33/h6-17,20,31H,5,18-19H2,1-4H3,(H,34,38). The largest absolute Gasteiger partial charge is 0.497 e. The Kier molecular flexibility index (Phi) is 9.09. The van der Waals surface area contributed by atoms with Crippen LogP contribution in [0.5, 0.6) is 11.5 Å². The summed E-state index contributed by atoms with van der Waals surface area (Å²) in [6.45, 7) is 3.78. The number of carbonyl (C=O) groups is 2. The van der Waals surface area contributed by atoms with Crippen LogP contribution >= 0.6 is 23.4 Å². The SMILES string of the molecule is CCC(C)NC(=O)CN1C(=O)CSC(c2cc(OC)ccc2OC)c2c(-c3ccccc3)nn(-c3ccccc3Cl)c21. The molecular formula is C32H33ClN4O4S. The van der Waals surface area contributed by atoms with E-state index in [1.54, 1.807) is 25.0 Å². The molecule has 0 radical (unpaired) electrons. The van der Waals surface area contributed by atoms with Crippen LogP contribution in [0.25, 0.3) is 16.9 Å². The van der Waals surface area contributed by atoms with Crippen molar-refractivity contribution in [1.29, 1.82) is 0 Å². The molecule has 0 aliphatic carbocycles. The number of hydrogen-bond acceptors (Lipinski definition) is 6. The van der Waals surface area contributed by atoms with Gasteiger partial charge in [-0.15, -0.1) is 11.8 Å². The van der Waals surface area contributed by atoms with E-state index < -0.39 is 0 Å². The molecule has 8 nitrogen and oxygen atoms in total. The van der Waals surface area contributed by atoms with Crippen molar-refractivity contribution in [3.05, 3.63) is 88.9 Å². The summed E-state index contributed by atoms with van der Waals surface area (Å²) in [5, 5.41) is 8.18. The van der Waals surface area contributed by atoms with E-state index >= 15 is 0 Å². The molecule has 1 aliphatic rings. The van der Waals surface area contributed by atoms with Gasteiger partial charge in [-0.1, -0.05) is 61.0 Å². The fourth-order valence-corrected chi connectivity index (χ4v) is 6.40. The summed E-state index contributed by atoms with van der Waals surface area (Å²) in [6, 6.07) is 22.7. The van der Waals surface area contributed by atoms with Gasteiger partial charge < -0.3 is 14.8 Å². The predicted octanol–water partition coefficient (Wildman–Crippen LogP) is 6.29. The first-order valence-corrected chi connectivity index (χ1v) is 15.1. The zero-order valence-corrected chi connectivity index (χ0v) is 25.5. The Bertz CT molecular complexity index is 1590. The number of halogens is 1. The fraction of sp³-hybridized carbons (Fsp3) is 0.281. The molecule has 2 atom stereocenters. The van der Waals surface area contributed by atoms with Crippen molar-refractivity contribution in [2.45, 2.75) is 31.6 Å². The highest BCUT2D eigenvalue weighted by atomic mass is 35.5. The van der Waals surface area contributed by atoms with Crippen molar-refractivity contribution in [1.82, 2.24) is 15.1 Å². The van der Waals surface area contributed by atoms with Crippen molar-refractivity contribution >= 4 is 41.0 Å². The molecule has 0 bridgehead atoms. The lowest BCUT2D eigenvalue weighted by atomic mass is 9.98. The van der Waals surface area contributed by atoms with Gasteiger partial charge in [0, 0.05) is 22.7 Å². The highest BCUT2D eigenvalue weighted by molar-refractivity contribution is 8.00. The van der Waals surface area contributed by atoms with E-state index in [1.165, 1.54) is 16.7 Å². The van der Waals surface area contributed by atoms with Crippen LogP contribution in [0.1, 0.15) is 36.6 Å². The Morgan fingerprint density at radius 2 is 1.83 bits per heavy atom. The summed E-state index contributed by atoms with van der Waals surface area (Å²) in [7, 11) is 3.23. The lowest BCUT2D eigenvalue weighted by Gasteiger charge is -2.24. The first kappa shape index (κ1) is 29.5. The van der Waals surface area contributed by atoms with Gasteiger partial charge in [0.15, 0.2) is 0 Å². The van der Waals surface area contributed by atoms with Crippen molar-refractivity contribution in [2.75, 3.05) is 31.4 Å². The minimum Gasteiger partial charge on any atom is -0.497 e. The molecular weight excluding hydrogens is 572 g/mol. The first-order chi connectivity index (χ1) is 20.4. The zero-order chi connectivity index (χ0) is 29.8. The summed E-state index contributed by atoms with van der Waals surface area (Å²) in [5.74, 6) is 1.47. The number of carbonyl (C=O) groups excluding carboxylic acids is 2. The molecule has 1 aromatic heterocycles. The number of nitrogens with one attached hydrogen (secondary N) is 1. The first-order valence-electron chi connectivity index (χ1n) is 13.7. The molecule has 0 saturated heterocycles. The van der Waals surface area contributed by atoms with Crippen LogP contribution < -0.4 is 19.7 Å². The molecule has 218 valence electrons. The fourth-order valence-electron chi connectivity index (χ4n) is 4.98. The second-order valence-electron chi connectivity index (χ2n) is 9.97. The van der Waals surface area contributed by atoms with E-state index in [1.807, 2.05) is 80.6 Å². The van der Waals surface area contributed by atoms with Crippen LogP contribution in [0.15, 0.2) is 72.8 Å². The van der Waals surface area contributed by atoms with Crippen LogP contribution in [0, 0.1) is 0 Å². The van der Waals surface area contributed by atoms with Crippen molar-refractivity contribution in [2.24, 2.45) is 0 Å². The maximum absolute atomic E-state index is 13.9. The smallest absolute Gasteiger partial charge is 0.240 e. The van der Waals surface area contributed by atoms with Gasteiger partial charge in [-0.25, -0.2) is 4.68 Å². The molecule has 2 unspecified atom stereocenters. The van der Waals surface area contributed by atoms with Crippen LogP contribution in [0.2, 0.25) is 5.02 Å². The average Bonchev–Trinajstić information content (AvgIpc) is 3.33. The second kappa shape index (κ2) is 12.9. The normalized spacial score (nSPS) is 15.5. The number of fused-ring (bicyclic) bond motifs is 1. The molecule has 2 heterocycles. The Morgan fingerprint density at radius 1 is 1.10 bits per heavy atom. The third kappa shape index (κ3) is 5.84. The molecule has 10 heteroatoms. The molecule has 4 aromatic rings. The van der Waals surface area contributed by atoms with Gasteiger partial charge in [0.05, 0.1) is 41.6 Å². The zero-order valence-electron chi connectivity index (χ0n) is 24.0. The average molecular weight is 605 g/mol. The number of benzene rings is 3. The summed E-state index contributed by atoms with van der Waals surface area (Å²) in [4.78, 5) is 28.7. The minimum absolute atomic E-state index is 0.0319. The van der Waals surface area contributed by atoms with Crippen molar-refractivity contribution in [3.63, 3.8) is 0 Å². The number of thioether (sulfide) groups is 1. The van der Waals surface area contributed by atoms with Crippen LogP contribution in [-0.2, 0) is 9.59 Å². The summed E-state index contributed by atoms with van der Waals surface area (Å²) >= 11 is 8.19. The number of para-hydroxylation sites is 1. The third-order valence-corrected chi connectivity index (χ3v) is 8.81. The Balaban J connectivity index is 1.83. The van der Waals surface area contributed by atoms with Gasteiger partial charge in [-0.05, 0) is 43.7 Å². The molecule has 0 saturated carbocycles. The number of anilines is 1. The molecule has 0 fully saturated rings. The third-order valence-electron chi connectivity index (χ3n) is 7.26. The van der Waals surface area contributed by atoms with Crippen LogP contribution in [0.3, 0.4) is 0 Å². The molecule has 2 amide bonds. The van der Waals surface area contributed by atoms with E-state index in [2.05, 4.69) is 5.32 Å².